The third kappa shape index (κ3) is 11.8. The molecule has 2 fully saturated rings. The lowest BCUT2D eigenvalue weighted by molar-refractivity contribution is -0.148. The molecule has 2 aromatic heterocycles. The van der Waals surface area contributed by atoms with Crippen molar-refractivity contribution in [1.29, 1.82) is 0 Å². The summed E-state index contributed by atoms with van der Waals surface area (Å²) in [5.41, 5.74) is 14.5. The minimum absolute atomic E-state index is 0. The third-order valence-corrected chi connectivity index (χ3v) is 11.5. The van der Waals surface area contributed by atoms with E-state index in [1.54, 1.807) is 48.7 Å². The number of rotatable bonds is 9. The average molecular weight is 860 g/mol. The normalized spacial score (nSPS) is 15.9. The number of halogens is 2. The summed E-state index contributed by atoms with van der Waals surface area (Å²) in [6, 6.07) is 24.2. The predicted octanol–water partition coefficient (Wildman–Crippen LogP) is 9.66. The van der Waals surface area contributed by atoms with Crippen molar-refractivity contribution in [2.24, 2.45) is 5.92 Å². The third-order valence-electron chi connectivity index (χ3n) is 11.5. The second-order valence-electron chi connectivity index (χ2n) is 16.0. The van der Waals surface area contributed by atoms with Crippen LogP contribution in [-0.2, 0) is 20.8 Å². The van der Waals surface area contributed by atoms with Crippen LogP contribution in [0.1, 0.15) is 92.7 Å². The van der Waals surface area contributed by atoms with Gasteiger partial charge in [0.2, 0.25) is 11.7 Å². The van der Waals surface area contributed by atoms with Crippen molar-refractivity contribution in [2.75, 3.05) is 25.9 Å². The molecule has 0 bridgehead atoms. The minimum atomic E-state index is -0.423. The Morgan fingerprint density at radius 1 is 0.730 bits per heavy atom. The van der Waals surface area contributed by atoms with E-state index in [9.17, 15) is 23.2 Å². The SMILES string of the molecule is C.CC(c1ccc(F)cc1)N1CCCC(=O)C1=O.COc1cc(N)ccc1-n1cnc(C)c1.Cc1cn(-c2ccc(CC3CCCN(C(C)c4ccc(F)cc4)C3=O)cc2C)cn1. The quantitative estimate of drug-likeness (QED) is 0.113. The molecule has 3 unspecified atom stereocenters. The highest BCUT2D eigenvalue weighted by Gasteiger charge is 2.33. The first-order valence-corrected chi connectivity index (χ1v) is 20.9. The van der Waals surface area contributed by atoms with E-state index in [-0.39, 0.29) is 48.8 Å². The van der Waals surface area contributed by atoms with Gasteiger partial charge in [-0.15, -0.1) is 0 Å². The molecule has 0 aliphatic carbocycles. The Bertz CT molecular complexity index is 2480. The van der Waals surface area contributed by atoms with Crippen molar-refractivity contribution in [3.8, 4) is 17.1 Å². The molecule has 11 nitrogen and oxygen atoms in total. The van der Waals surface area contributed by atoms with Crippen LogP contribution < -0.4 is 10.5 Å². The van der Waals surface area contributed by atoms with E-state index in [1.807, 2.05) is 72.6 Å². The number of nitrogen functional groups attached to an aromatic ring is 1. The number of imidazole rings is 2. The maximum atomic E-state index is 13.3. The summed E-state index contributed by atoms with van der Waals surface area (Å²) in [6.07, 6.45) is 11.2. The summed E-state index contributed by atoms with van der Waals surface area (Å²) in [4.78, 5) is 48.3. The standard InChI is InChI=1S/C25H28FN3O.C13H14FNO2.C11H13N3O.CH4/c1-17-13-20(6-11-24(17)28-15-18(2)27-16-28)14-22-5-4-12-29(25(22)30)19(3)21-7-9-23(26)10-8-21;1-9(10-4-6-11(14)7-5-10)15-8-2-3-12(16)13(15)17;1-8-6-14(7-13-8)10-4-3-9(12)5-11(10)15-2;/h6-11,13,15-16,19,22H,4-5,12,14H2,1-3H3;4-7,9H,2-3,8H2,1H3;3-7H,12H2,1-2H3;1H4. The molecule has 2 aliphatic rings. The largest absolute Gasteiger partial charge is 0.494 e. The van der Waals surface area contributed by atoms with Gasteiger partial charge in [0.05, 0.1) is 48.9 Å². The number of Topliss-reactive ketones (excluding diaryl/α,β-unsaturated/α-hetero) is 1. The number of methoxy groups -OCH3 is 1. The van der Waals surface area contributed by atoms with Gasteiger partial charge in [0.1, 0.15) is 17.4 Å². The first-order valence-electron chi connectivity index (χ1n) is 20.9. The van der Waals surface area contributed by atoms with Crippen LogP contribution in [-0.4, -0.2) is 66.7 Å². The number of ether oxygens (including phenoxy) is 1. The second-order valence-corrected chi connectivity index (χ2v) is 16.0. The first-order chi connectivity index (χ1) is 29.7. The van der Waals surface area contributed by atoms with Gasteiger partial charge in [0.15, 0.2) is 0 Å². The van der Waals surface area contributed by atoms with Crippen LogP contribution in [0, 0.1) is 38.3 Å². The fourth-order valence-corrected chi connectivity index (χ4v) is 7.97. The average Bonchev–Trinajstić information content (AvgIpc) is 3.90. The van der Waals surface area contributed by atoms with Gasteiger partial charge in [-0.05, 0) is 125 Å². The molecule has 0 saturated carbocycles. The van der Waals surface area contributed by atoms with Gasteiger partial charge < -0.3 is 29.4 Å². The number of piperidine rings is 2. The maximum absolute atomic E-state index is 13.3. The molecule has 4 aromatic carbocycles. The molecular formula is C50H59F2N7O4. The molecule has 13 heteroatoms. The molecule has 8 rings (SSSR count). The first kappa shape index (κ1) is 47.4. The minimum Gasteiger partial charge on any atom is -0.494 e. The Morgan fingerprint density at radius 3 is 1.81 bits per heavy atom. The molecular weight excluding hydrogens is 801 g/mol. The van der Waals surface area contributed by atoms with Crippen molar-refractivity contribution in [1.82, 2.24) is 28.9 Å². The van der Waals surface area contributed by atoms with Crippen LogP contribution >= 0.6 is 0 Å². The highest BCUT2D eigenvalue weighted by molar-refractivity contribution is 6.36. The number of benzene rings is 4. The van der Waals surface area contributed by atoms with Gasteiger partial charge >= 0.3 is 0 Å². The fraction of sp³-hybridized carbons (Fsp3) is 0.340. The van der Waals surface area contributed by atoms with Gasteiger partial charge in [0, 0.05) is 55.3 Å². The summed E-state index contributed by atoms with van der Waals surface area (Å²) in [5.74, 6) is -0.376. The Hall–Kier alpha value is -6.63. The Kier molecular flexibility index (Phi) is 16.1. The predicted molar refractivity (Wildman–Crippen MR) is 243 cm³/mol. The molecule has 332 valence electrons. The van der Waals surface area contributed by atoms with Crippen molar-refractivity contribution in [2.45, 2.75) is 86.2 Å². The van der Waals surface area contributed by atoms with Crippen LogP contribution in [0.4, 0.5) is 14.5 Å². The van der Waals surface area contributed by atoms with Gasteiger partial charge in [-0.3, -0.25) is 14.4 Å². The van der Waals surface area contributed by atoms with E-state index < -0.39 is 5.91 Å². The molecule has 2 N–H and O–H groups in total. The molecule has 2 saturated heterocycles. The van der Waals surface area contributed by atoms with E-state index >= 15 is 0 Å². The lowest BCUT2D eigenvalue weighted by Gasteiger charge is -2.37. The Balaban J connectivity index is 0.000000193. The van der Waals surface area contributed by atoms with Crippen molar-refractivity contribution in [3.63, 3.8) is 0 Å². The zero-order chi connectivity index (χ0) is 44.5. The summed E-state index contributed by atoms with van der Waals surface area (Å²) in [6.45, 7) is 11.2. The van der Waals surface area contributed by atoms with Crippen molar-refractivity contribution >= 4 is 23.3 Å². The van der Waals surface area contributed by atoms with Gasteiger partial charge in [-0.2, -0.15) is 0 Å². The van der Waals surface area contributed by atoms with Crippen LogP contribution in [0.2, 0.25) is 0 Å². The summed E-state index contributed by atoms with van der Waals surface area (Å²) in [5, 5.41) is 0. The van der Waals surface area contributed by atoms with Crippen LogP contribution in [0.25, 0.3) is 11.4 Å². The number of aryl methyl sites for hydroxylation is 3. The van der Waals surface area contributed by atoms with Gasteiger partial charge in [-0.25, -0.2) is 18.7 Å². The molecule has 2 amide bonds. The number of hydrogen-bond acceptors (Lipinski definition) is 7. The Labute approximate surface area is 369 Å². The summed E-state index contributed by atoms with van der Waals surface area (Å²) >= 11 is 0. The molecule has 63 heavy (non-hydrogen) atoms. The van der Waals surface area contributed by atoms with E-state index in [0.717, 1.165) is 65.4 Å². The van der Waals surface area contributed by atoms with E-state index in [1.165, 1.54) is 35.4 Å². The number of hydrogen-bond donors (Lipinski definition) is 1. The summed E-state index contributed by atoms with van der Waals surface area (Å²) < 4.78 is 35.3. The maximum Gasteiger partial charge on any atom is 0.290 e. The molecule has 3 atom stereocenters. The number of likely N-dealkylation sites (tertiary alicyclic amines) is 2. The Morgan fingerprint density at radius 2 is 1.27 bits per heavy atom. The number of amides is 2. The highest BCUT2D eigenvalue weighted by atomic mass is 19.1. The highest BCUT2D eigenvalue weighted by Crippen LogP contribution is 2.31. The zero-order valence-corrected chi connectivity index (χ0v) is 36.2. The second kappa shape index (κ2) is 21.4. The zero-order valence-electron chi connectivity index (χ0n) is 36.2. The number of carbonyl (C=O) groups excluding carboxylic acids is 3. The monoisotopic (exact) mass is 859 g/mol. The molecule has 0 radical (unpaired) electrons. The van der Waals surface area contributed by atoms with Crippen LogP contribution in [0.5, 0.6) is 5.75 Å². The fourth-order valence-electron chi connectivity index (χ4n) is 7.97. The van der Waals surface area contributed by atoms with Crippen molar-refractivity contribution in [3.05, 3.63) is 155 Å². The van der Waals surface area contributed by atoms with E-state index in [4.69, 9.17) is 10.5 Å². The number of carbonyl (C=O) groups is 3. The van der Waals surface area contributed by atoms with Gasteiger partial charge in [0.25, 0.3) is 5.91 Å². The summed E-state index contributed by atoms with van der Waals surface area (Å²) in [7, 11) is 1.63. The molecule has 6 aromatic rings. The lowest BCUT2D eigenvalue weighted by atomic mass is 9.88. The number of anilines is 1. The topological polar surface area (TPSA) is 129 Å². The molecule has 2 aliphatic heterocycles. The van der Waals surface area contributed by atoms with E-state index in [0.29, 0.717) is 25.1 Å². The van der Waals surface area contributed by atoms with Crippen LogP contribution in [0.15, 0.2) is 110 Å². The molecule has 0 spiro atoms. The number of nitrogens with zero attached hydrogens (tertiary/aromatic N) is 6. The number of aromatic nitrogens is 4. The van der Waals surface area contributed by atoms with Gasteiger partial charge in [-0.1, -0.05) is 43.8 Å². The number of nitrogens with two attached hydrogens (primary N) is 1. The lowest BCUT2D eigenvalue weighted by Crippen LogP contribution is -2.43. The van der Waals surface area contributed by atoms with Crippen molar-refractivity contribution < 1.29 is 27.9 Å². The van der Waals surface area contributed by atoms with Crippen LogP contribution in [0.3, 0.4) is 0 Å². The number of ketones is 1. The smallest absolute Gasteiger partial charge is 0.290 e. The molecule has 4 heterocycles. The van der Waals surface area contributed by atoms with E-state index in [2.05, 4.69) is 35.1 Å².